The van der Waals surface area contributed by atoms with Gasteiger partial charge in [-0.3, -0.25) is 4.79 Å². The first-order valence-electron chi connectivity index (χ1n) is 6.74. The SMILES string of the molecule is Cc1ccc(CNC(=O)CNc2ccccc2C#N)cc1. The predicted molar refractivity (Wildman–Crippen MR) is 82.7 cm³/mol. The van der Waals surface area contributed by atoms with Crippen LogP contribution in [0.4, 0.5) is 5.69 Å². The smallest absolute Gasteiger partial charge is 0.239 e. The second kappa shape index (κ2) is 7.11. The summed E-state index contributed by atoms with van der Waals surface area (Å²) in [7, 11) is 0. The average Bonchev–Trinajstić information content (AvgIpc) is 2.52. The monoisotopic (exact) mass is 279 g/mol. The van der Waals surface area contributed by atoms with Gasteiger partial charge in [0.05, 0.1) is 17.8 Å². The third kappa shape index (κ3) is 4.36. The van der Waals surface area contributed by atoms with Crippen LogP contribution in [0.1, 0.15) is 16.7 Å². The van der Waals surface area contributed by atoms with Crippen LogP contribution in [0.2, 0.25) is 0 Å². The number of anilines is 1. The van der Waals surface area contributed by atoms with Crippen molar-refractivity contribution >= 4 is 11.6 Å². The number of aryl methyl sites for hydroxylation is 1. The molecule has 4 heteroatoms. The summed E-state index contributed by atoms with van der Waals surface area (Å²) in [6, 6.07) is 17.2. The summed E-state index contributed by atoms with van der Waals surface area (Å²) in [5, 5.41) is 14.8. The minimum absolute atomic E-state index is 0.108. The topological polar surface area (TPSA) is 64.9 Å². The largest absolute Gasteiger partial charge is 0.375 e. The Bertz CT molecular complexity index is 656. The molecular weight excluding hydrogens is 262 g/mol. The molecule has 2 aromatic carbocycles. The number of carbonyl (C=O) groups is 1. The van der Waals surface area contributed by atoms with Crippen LogP contribution < -0.4 is 10.6 Å². The fraction of sp³-hybridized carbons (Fsp3) is 0.176. The number of para-hydroxylation sites is 1. The Balaban J connectivity index is 1.82. The lowest BCUT2D eigenvalue weighted by atomic mass is 10.1. The van der Waals surface area contributed by atoms with E-state index in [1.54, 1.807) is 18.2 Å². The Hall–Kier alpha value is -2.80. The first kappa shape index (κ1) is 14.6. The van der Waals surface area contributed by atoms with Gasteiger partial charge < -0.3 is 10.6 Å². The summed E-state index contributed by atoms with van der Waals surface area (Å²) in [6.45, 7) is 2.67. The van der Waals surface area contributed by atoms with Crippen LogP contribution in [-0.2, 0) is 11.3 Å². The van der Waals surface area contributed by atoms with Crippen LogP contribution in [0.3, 0.4) is 0 Å². The molecule has 0 atom stereocenters. The highest BCUT2D eigenvalue weighted by atomic mass is 16.1. The third-order valence-electron chi connectivity index (χ3n) is 3.10. The summed E-state index contributed by atoms with van der Waals surface area (Å²) >= 11 is 0. The highest BCUT2D eigenvalue weighted by molar-refractivity contribution is 5.81. The molecule has 2 N–H and O–H groups in total. The van der Waals surface area contributed by atoms with Crippen molar-refractivity contribution < 1.29 is 4.79 Å². The van der Waals surface area contributed by atoms with Gasteiger partial charge in [-0.1, -0.05) is 42.0 Å². The number of hydrogen-bond acceptors (Lipinski definition) is 3. The summed E-state index contributed by atoms with van der Waals surface area (Å²) in [4.78, 5) is 11.8. The van der Waals surface area contributed by atoms with Crippen LogP contribution in [0.5, 0.6) is 0 Å². The third-order valence-corrected chi connectivity index (χ3v) is 3.10. The Morgan fingerprint density at radius 3 is 2.57 bits per heavy atom. The van der Waals surface area contributed by atoms with E-state index >= 15 is 0 Å². The van der Waals surface area contributed by atoms with E-state index in [1.807, 2.05) is 37.3 Å². The highest BCUT2D eigenvalue weighted by Crippen LogP contribution is 2.12. The quantitative estimate of drug-likeness (QED) is 0.884. The number of rotatable bonds is 5. The van der Waals surface area contributed by atoms with Crippen molar-refractivity contribution in [1.29, 1.82) is 5.26 Å². The molecule has 21 heavy (non-hydrogen) atoms. The standard InChI is InChI=1S/C17H17N3O/c1-13-6-8-14(9-7-13)11-20-17(21)12-19-16-5-3-2-4-15(16)10-18/h2-9,19H,11-12H2,1H3,(H,20,21). The van der Waals surface area contributed by atoms with Gasteiger partial charge in [0, 0.05) is 6.54 Å². The molecule has 0 fully saturated rings. The van der Waals surface area contributed by atoms with Gasteiger partial charge >= 0.3 is 0 Å². The highest BCUT2D eigenvalue weighted by Gasteiger charge is 2.04. The molecule has 0 radical (unpaired) electrons. The lowest BCUT2D eigenvalue weighted by Crippen LogP contribution is -2.29. The van der Waals surface area contributed by atoms with E-state index in [0.717, 1.165) is 5.56 Å². The van der Waals surface area contributed by atoms with Crippen molar-refractivity contribution in [2.45, 2.75) is 13.5 Å². The van der Waals surface area contributed by atoms with Crippen molar-refractivity contribution in [3.8, 4) is 6.07 Å². The maximum Gasteiger partial charge on any atom is 0.239 e. The van der Waals surface area contributed by atoms with E-state index in [4.69, 9.17) is 5.26 Å². The van der Waals surface area contributed by atoms with Crippen molar-refractivity contribution in [2.24, 2.45) is 0 Å². The summed E-state index contributed by atoms with van der Waals surface area (Å²) in [5.74, 6) is -0.108. The van der Waals surface area contributed by atoms with E-state index in [-0.39, 0.29) is 12.5 Å². The minimum atomic E-state index is -0.108. The molecule has 0 aliphatic heterocycles. The molecule has 106 valence electrons. The van der Waals surface area contributed by atoms with Gasteiger partial charge in [0.1, 0.15) is 6.07 Å². The number of nitrogens with one attached hydrogen (secondary N) is 2. The zero-order valence-corrected chi connectivity index (χ0v) is 11.9. The minimum Gasteiger partial charge on any atom is -0.375 e. The van der Waals surface area contributed by atoms with E-state index < -0.39 is 0 Å². The Labute approximate surface area is 124 Å². The Kier molecular flexibility index (Phi) is 4.94. The molecule has 0 aromatic heterocycles. The number of hydrogen-bond donors (Lipinski definition) is 2. The molecular formula is C17H17N3O. The van der Waals surface area contributed by atoms with E-state index in [1.165, 1.54) is 5.56 Å². The predicted octanol–water partition coefficient (Wildman–Crippen LogP) is 2.60. The maximum atomic E-state index is 11.8. The first-order chi connectivity index (χ1) is 10.2. The summed E-state index contributed by atoms with van der Waals surface area (Å²) < 4.78 is 0. The molecule has 0 aliphatic carbocycles. The number of amides is 1. The van der Waals surface area contributed by atoms with Crippen LogP contribution in [0, 0.1) is 18.3 Å². The molecule has 0 aliphatic rings. The Morgan fingerprint density at radius 2 is 1.86 bits per heavy atom. The molecule has 0 saturated heterocycles. The molecule has 2 aromatic rings. The normalized spacial score (nSPS) is 9.71. The zero-order valence-electron chi connectivity index (χ0n) is 11.9. The van der Waals surface area contributed by atoms with E-state index in [2.05, 4.69) is 16.7 Å². The van der Waals surface area contributed by atoms with Gasteiger partial charge in [0.25, 0.3) is 0 Å². The van der Waals surface area contributed by atoms with Gasteiger partial charge in [-0.15, -0.1) is 0 Å². The van der Waals surface area contributed by atoms with Gasteiger partial charge in [-0.25, -0.2) is 0 Å². The van der Waals surface area contributed by atoms with Crippen LogP contribution in [0.15, 0.2) is 48.5 Å². The van der Waals surface area contributed by atoms with Crippen LogP contribution in [-0.4, -0.2) is 12.5 Å². The fourth-order valence-corrected chi connectivity index (χ4v) is 1.88. The van der Waals surface area contributed by atoms with Crippen LogP contribution >= 0.6 is 0 Å². The average molecular weight is 279 g/mol. The summed E-state index contributed by atoms with van der Waals surface area (Å²) in [6.07, 6.45) is 0. The Morgan fingerprint density at radius 1 is 1.14 bits per heavy atom. The van der Waals surface area contributed by atoms with Crippen molar-refractivity contribution in [3.05, 3.63) is 65.2 Å². The second-order valence-electron chi connectivity index (χ2n) is 4.77. The molecule has 0 unspecified atom stereocenters. The van der Waals surface area contributed by atoms with Gasteiger partial charge in [0.2, 0.25) is 5.91 Å². The number of nitrogens with zero attached hydrogens (tertiary/aromatic N) is 1. The molecule has 4 nitrogen and oxygen atoms in total. The second-order valence-corrected chi connectivity index (χ2v) is 4.77. The maximum absolute atomic E-state index is 11.8. The first-order valence-corrected chi connectivity index (χ1v) is 6.74. The molecule has 0 bridgehead atoms. The van der Waals surface area contributed by atoms with Crippen molar-refractivity contribution in [1.82, 2.24) is 5.32 Å². The number of benzene rings is 2. The molecule has 2 rings (SSSR count). The lowest BCUT2D eigenvalue weighted by Gasteiger charge is -2.09. The van der Waals surface area contributed by atoms with Gasteiger partial charge in [0.15, 0.2) is 0 Å². The molecule has 0 spiro atoms. The number of nitriles is 1. The van der Waals surface area contributed by atoms with E-state index in [9.17, 15) is 4.79 Å². The van der Waals surface area contributed by atoms with E-state index in [0.29, 0.717) is 17.8 Å². The van der Waals surface area contributed by atoms with Gasteiger partial charge in [-0.2, -0.15) is 5.26 Å². The number of carbonyl (C=O) groups excluding carboxylic acids is 1. The molecule has 0 saturated carbocycles. The van der Waals surface area contributed by atoms with Crippen molar-refractivity contribution in [2.75, 3.05) is 11.9 Å². The van der Waals surface area contributed by atoms with Gasteiger partial charge in [-0.05, 0) is 24.6 Å². The van der Waals surface area contributed by atoms with Crippen LogP contribution in [0.25, 0.3) is 0 Å². The summed E-state index contributed by atoms with van der Waals surface area (Å²) in [5.41, 5.74) is 3.46. The molecule has 1 amide bonds. The van der Waals surface area contributed by atoms with Crippen molar-refractivity contribution in [3.63, 3.8) is 0 Å². The lowest BCUT2D eigenvalue weighted by molar-refractivity contribution is -0.119. The molecule has 0 heterocycles. The fourth-order valence-electron chi connectivity index (χ4n) is 1.88. The zero-order chi connectivity index (χ0) is 15.1.